The zero-order valence-corrected chi connectivity index (χ0v) is 49.4. The van der Waals surface area contributed by atoms with Crippen molar-refractivity contribution in [3.05, 3.63) is 135 Å². The van der Waals surface area contributed by atoms with Crippen molar-refractivity contribution in [1.29, 1.82) is 0 Å². The maximum Gasteiger partial charge on any atom is 0.236 e. The highest BCUT2D eigenvalue weighted by molar-refractivity contribution is 6.09. The van der Waals surface area contributed by atoms with Crippen molar-refractivity contribution in [2.24, 2.45) is 112 Å². The molecule has 5 aliphatic heterocycles. The number of rotatable bonds is 21. The summed E-state index contributed by atoms with van der Waals surface area (Å²) < 4.78 is 5.56. The maximum atomic E-state index is 12.8. The molecular formula is C65H92N8O9. The first kappa shape index (κ1) is 66.3. The van der Waals surface area contributed by atoms with Crippen molar-refractivity contribution in [3.8, 4) is 0 Å². The lowest BCUT2D eigenvalue weighted by Gasteiger charge is -2.23. The van der Waals surface area contributed by atoms with Crippen molar-refractivity contribution < 1.29 is 43.1 Å². The molecule has 8 aliphatic rings. The predicted octanol–water partition coefficient (Wildman–Crippen LogP) is 5.99. The molecule has 17 heteroatoms. The van der Waals surface area contributed by atoms with Crippen LogP contribution < -0.4 is 22.9 Å². The third-order valence-electron chi connectivity index (χ3n) is 17.5. The first-order chi connectivity index (χ1) is 39.2. The van der Waals surface area contributed by atoms with Crippen LogP contribution >= 0.6 is 0 Å². The van der Waals surface area contributed by atoms with Crippen LogP contribution in [0.3, 0.4) is 0 Å². The summed E-state index contributed by atoms with van der Waals surface area (Å²) >= 11 is 0. The average molecular weight is 1130 g/mol. The number of ether oxygens (including phenoxy) is 1. The number of likely N-dealkylation sites (tertiary alicyclic amines) is 4. The predicted molar refractivity (Wildman–Crippen MR) is 320 cm³/mol. The van der Waals surface area contributed by atoms with Gasteiger partial charge in [-0.2, -0.15) is 0 Å². The molecule has 16 atom stereocenters. The van der Waals surface area contributed by atoms with E-state index in [2.05, 4.69) is 86.4 Å². The number of amides is 8. The lowest BCUT2D eigenvalue weighted by Crippen LogP contribution is -2.38. The molecule has 8 N–H and O–H groups in total. The Morgan fingerprint density at radius 2 is 0.683 bits per heavy atom. The summed E-state index contributed by atoms with van der Waals surface area (Å²) in [5.74, 6) is -4.07. The second kappa shape index (κ2) is 29.2. The molecule has 0 bridgehead atoms. The maximum absolute atomic E-state index is 12.8. The quantitative estimate of drug-likeness (QED) is 0.0761. The van der Waals surface area contributed by atoms with Crippen LogP contribution in [-0.2, 0) is 43.1 Å². The summed E-state index contributed by atoms with van der Waals surface area (Å²) in [7, 11) is 0. The van der Waals surface area contributed by atoms with E-state index in [1.54, 1.807) is 36.5 Å². The molecule has 0 aromatic heterocycles. The van der Waals surface area contributed by atoms with Gasteiger partial charge in [-0.15, -0.1) is 52.6 Å². The molecule has 8 rings (SSSR count). The number of fused-ring (bicyclic) bond motifs is 4. The Balaban J connectivity index is 0.000000202. The molecule has 0 spiro atoms. The Labute approximate surface area is 486 Å². The van der Waals surface area contributed by atoms with Crippen molar-refractivity contribution in [3.63, 3.8) is 0 Å². The van der Waals surface area contributed by atoms with E-state index in [9.17, 15) is 38.4 Å². The molecule has 0 aromatic rings. The number of hydrogen-bond acceptors (Lipinski definition) is 13. The van der Waals surface area contributed by atoms with E-state index in [1.165, 1.54) is 30.7 Å². The summed E-state index contributed by atoms with van der Waals surface area (Å²) in [6.45, 7) is 45.5. The molecule has 8 fully saturated rings. The molecule has 0 aromatic carbocycles. The Morgan fingerprint density at radius 1 is 0.427 bits per heavy atom. The molecule has 8 amide bonds. The summed E-state index contributed by atoms with van der Waals surface area (Å²) in [4.78, 5) is 105. The Kier molecular flexibility index (Phi) is 23.6. The van der Waals surface area contributed by atoms with Crippen molar-refractivity contribution in [1.82, 2.24) is 19.6 Å². The first-order valence-electron chi connectivity index (χ1n) is 29.2. The first-order valence-corrected chi connectivity index (χ1v) is 29.2. The van der Waals surface area contributed by atoms with Crippen molar-refractivity contribution >= 4 is 47.3 Å². The van der Waals surface area contributed by atoms with Crippen LogP contribution in [0.1, 0.15) is 67.2 Å². The second-order valence-corrected chi connectivity index (χ2v) is 22.7. The van der Waals surface area contributed by atoms with Gasteiger partial charge in [-0.3, -0.25) is 58.0 Å². The third-order valence-corrected chi connectivity index (χ3v) is 17.5. The minimum absolute atomic E-state index is 0.0645. The van der Waals surface area contributed by atoms with Gasteiger partial charge in [0.15, 0.2) is 0 Å². The lowest BCUT2D eigenvalue weighted by atomic mass is 9.85. The number of carbonyl (C=O) groups excluding carboxylic acids is 8. The van der Waals surface area contributed by atoms with Gasteiger partial charge in [-0.25, -0.2) is 0 Å². The lowest BCUT2D eigenvalue weighted by molar-refractivity contribution is -0.143. The Bertz CT molecular complexity index is 2510. The molecule has 3 saturated carbocycles. The van der Waals surface area contributed by atoms with Gasteiger partial charge in [0.2, 0.25) is 47.3 Å². The standard InChI is InChI=1S/C20H30N2O2.C17H24N2O2.C16H22N2O2.C12H16N2O3/c1-5-9-13(10-6-2)16-14(7-3)17-18(15(16)8-4)20(24)22(12-11-21)19(17)23;1-5-11-13(9-10(3)4)12(6-2)15-14(11)16(20)19(8-7-18)17(15)21;1-5-10-12(9(3)4)11(6-2)14-13(10)15(19)18(8-7-17)16(14)20;1-3-7-9-10(8(4-2)17-7)12(16)14(6-5-13)11(9)15/h7-8,14-15,17-18H,3-6,9-12,21H2,1-2H3;5-6,9-12,14-15H,1-2,7-8,18H2,3-4H3;5-6,10-11,13-14H,1-2,7-8,17H2,3-4H3;3-4,7-10H,1-2,5-6,13H2. The van der Waals surface area contributed by atoms with Crippen LogP contribution in [-0.4, -0.2) is 131 Å². The number of carbonyl (C=O) groups is 8. The zero-order valence-electron chi connectivity index (χ0n) is 49.4. The summed E-state index contributed by atoms with van der Waals surface area (Å²) in [6.07, 6.45) is 19.5. The number of nitrogens with two attached hydrogens (primary N) is 4. The normalized spacial score (nSPS) is 32.1. The smallest absolute Gasteiger partial charge is 0.236 e. The van der Waals surface area contributed by atoms with Gasteiger partial charge in [-0.05, 0) is 32.6 Å². The van der Waals surface area contributed by atoms with Crippen LogP contribution in [0.5, 0.6) is 0 Å². The van der Waals surface area contributed by atoms with E-state index in [0.29, 0.717) is 45.2 Å². The van der Waals surface area contributed by atoms with Crippen LogP contribution in [0, 0.1) is 88.8 Å². The van der Waals surface area contributed by atoms with E-state index in [-0.39, 0.29) is 131 Å². The van der Waals surface area contributed by atoms with Gasteiger partial charge in [-0.1, -0.05) is 123 Å². The monoisotopic (exact) mass is 1130 g/mol. The highest BCUT2D eigenvalue weighted by Crippen LogP contribution is 2.55. The number of imide groups is 4. The fourth-order valence-electron chi connectivity index (χ4n) is 14.5. The van der Waals surface area contributed by atoms with Gasteiger partial charge in [0.05, 0.1) is 59.6 Å². The minimum atomic E-state index is -0.463. The second-order valence-electron chi connectivity index (χ2n) is 22.7. The van der Waals surface area contributed by atoms with E-state index < -0.39 is 24.0 Å². The third kappa shape index (κ3) is 12.0. The van der Waals surface area contributed by atoms with Crippen LogP contribution in [0.15, 0.2) is 135 Å². The number of hydrogen-bond donors (Lipinski definition) is 4. The van der Waals surface area contributed by atoms with Crippen molar-refractivity contribution in [2.45, 2.75) is 79.4 Å². The molecule has 5 heterocycles. The zero-order chi connectivity index (χ0) is 61.2. The highest BCUT2D eigenvalue weighted by atomic mass is 16.5. The van der Waals surface area contributed by atoms with Gasteiger partial charge >= 0.3 is 0 Å². The topological polar surface area (TPSA) is 263 Å². The SMILES string of the molecule is C=CC1C(=C(C)C)C(C=C)C2C(=O)N(CCN)C(=O)C12.C=CC1C(=C(CCC)CCC)C(C=C)C2C(=O)N(CCN)C(=O)C12.C=CC1C(=CC(C)C)C(C=C)C2C(=O)N(CCN)C(=O)C12.C=CC1OC(C=C)C2C(=O)N(CCN)C(=O)C12. The fraction of sp³-hybridized carbons (Fsp3) is 0.538. The summed E-state index contributed by atoms with van der Waals surface area (Å²) in [5, 5.41) is 0. The molecule has 16 unspecified atom stereocenters. The van der Waals surface area contributed by atoms with E-state index in [4.69, 9.17) is 27.7 Å². The fourth-order valence-corrected chi connectivity index (χ4v) is 14.5. The molecule has 17 nitrogen and oxygen atoms in total. The molecule has 446 valence electrons. The van der Waals surface area contributed by atoms with Gasteiger partial charge < -0.3 is 27.7 Å². The Morgan fingerprint density at radius 3 is 0.902 bits per heavy atom. The van der Waals surface area contributed by atoms with E-state index in [1.807, 2.05) is 26.0 Å². The number of allylic oxidation sites excluding steroid dienone is 12. The Hall–Kier alpha value is -6.50. The van der Waals surface area contributed by atoms with Crippen LogP contribution in [0.25, 0.3) is 0 Å². The average Bonchev–Trinajstić information content (AvgIpc) is 2.78. The van der Waals surface area contributed by atoms with Crippen LogP contribution in [0.4, 0.5) is 0 Å². The molecule has 82 heavy (non-hydrogen) atoms. The van der Waals surface area contributed by atoms with Gasteiger partial charge in [0.25, 0.3) is 0 Å². The minimum Gasteiger partial charge on any atom is -0.365 e. The highest BCUT2D eigenvalue weighted by Gasteiger charge is 2.62. The molecule has 5 saturated heterocycles. The van der Waals surface area contributed by atoms with Gasteiger partial charge in [0.1, 0.15) is 0 Å². The van der Waals surface area contributed by atoms with Crippen molar-refractivity contribution in [2.75, 3.05) is 52.4 Å². The largest absolute Gasteiger partial charge is 0.365 e. The number of nitrogens with zero attached hydrogens (tertiary/aromatic N) is 4. The summed E-state index contributed by atoms with van der Waals surface area (Å²) in [5.41, 5.74) is 28.0. The molecular weight excluding hydrogens is 1040 g/mol. The molecule has 0 radical (unpaired) electrons. The van der Waals surface area contributed by atoms with E-state index in [0.717, 1.165) is 42.4 Å². The van der Waals surface area contributed by atoms with E-state index >= 15 is 0 Å². The van der Waals surface area contributed by atoms with Gasteiger partial charge in [0, 0.05) is 87.9 Å². The molecule has 3 aliphatic carbocycles. The van der Waals surface area contributed by atoms with Crippen LogP contribution in [0.2, 0.25) is 0 Å². The summed E-state index contributed by atoms with van der Waals surface area (Å²) in [6, 6.07) is 0.